The molecule has 0 saturated carbocycles. The second-order valence-corrected chi connectivity index (χ2v) is 5.50. The SMILES string of the molecule is CC1=CC(C=O)N(c2ccc(Cc3ccc(C)cc3)nn2)N1. The van der Waals surface area contributed by atoms with Crippen molar-refractivity contribution in [3.63, 3.8) is 0 Å². The Balaban J connectivity index is 1.73. The number of nitrogens with zero attached hydrogens (tertiary/aromatic N) is 3. The Morgan fingerprint density at radius 2 is 1.91 bits per heavy atom. The number of aldehydes is 1. The van der Waals surface area contributed by atoms with Gasteiger partial charge in [-0.2, -0.15) is 5.10 Å². The van der Waals surface area contributed by atoms with E-state index in [1.165, 1.54) is 11.1 Å². The second kappa shape index (κ2) is 5.97. The van der Waals surface area contributed by atoms with Crippen LogP contribution >= 0.6 is 0 Å². The molecular weight excluding hydrogens is 276 g/mol. The monoisotopic (exact) mass is 294 g/mol. The molecule has 5 heteroatoms. The lowest BCUT2D eigenvalue weighted by atomic mass is 10.1. The summed E-state index contributed by atoms with van der Waals surface area (Å²) in [4.78, 5) is 11.1. The first-order valence-corrected chi connectivity index (χ1v) is 7.23. The van der Waals surface area contributed by atoms with E-state index >= 15 is 0 Å². The van der Waals surface area contributed by atoms with Gasteiger partial charge in [0, 0.05) is 12.1 Å². The number of hydrogen-bond donors (Lipinski definition) is 1. The fraction of sp³-hybridized carbons (Fsp3) is 0.235. The fourth-order valence-electron chi connectivity index (χ4n) is 2.43. The number of benzene rings is 1. The van der Waals surface area contributed by atoms with E-state index in [0.717, 1.165) is 24.1 Å². The molecule has 0 fully saturated rings. The third-order valence-electron chi connectivity index (χ3n) is 3.61. The molecule has 1 aromatic heterocycles. The van der Waals surface area contributed by atoms with Crippen molar-refractivity contribution in [2.75, 3.05) is 5.01 Å². The first-order valence-electron chi connectivity index (χ1n) is 7.23. The topological polar surface area (TPSA) is 58.1 Å². The first kappa shape index (κ1) is 14.3. The molecule has 1 N–H and O–H groups in total. The maximum absolute atomic E-state index is 11.1. The van der Waals surface area contributed by atoms with Gasteiger partial charge < -0.3 is 10.2 Å². The molecule has 1 atom stereocenters. The van der Waals surface area contributed by atoms with Crippen molar-refractivity contribution in [3.05, 3.63) is 65.0 Å². The number of allylic oxidation sites excluding steroid dienone is 1. The summed E-state index contributed by atoms with van der Waals surface area (Å²) in [5.74, 6) is 0.637. The van der Waals surface area contributed by atoms with Gasteiger partial charge in [0.25, 0.3) is 0 Å². The third-order valence-corrected chi connectivity index (χ3v) is 3.61. The van der Waals surface area contributed by atoms with Gasteiger partial charge in [-0.1, -0.05) is 29.8 Å². The second-order valence-electron chi connectivity index (χ2n) is 5.50. The quantitative estimate of drug-likeness (QED) is 0.876. The van der Waals surface area contributed by atoms with Crippen LogP contribution in [0.4, 0.5) is 5.82 Å². The van der Waals surface area contributed by atoms with Crippen LogP contribution in [0.3, 0.4) is 0 Å². The zero-order valence-electron chi connectivity index (χ0n) is 12.7. The van der Waals surface area contributed by atoms with E-state index in [9.17, 15) is 4.79 Å². The zero-order valence-corrected chi connectivity index (χ0v) is 12.7. The molecule has 1 aromatic carbocycles. The van der Waals surface area contributed by atoms with Crippen LogP contribution in [-0.4, -0.2) is 22.5 Å². The van der Waals surface area contributed by atoms with Gasteiger partial charge in [-0.05, 0) is 37.6 Å². The summed E-state index contributed by atoms with van der Waals surface area (Å²) in [5.41, 5.74) is 7.39. The number of rotatable bonds is 4. The molecule has 0 aliphatic carbocycles. The Bertz CT molecular complexity index is 692. The molecule has 112 valence electrons. The average Bonchev–Trinajstić information content (AvgIpc) is 2.91. The van der Waals surface area contributed by atoms with Gasteiger partial charge >= 0.3 is 0 Å². The summed E-state index contributed by atoms with van der Waals surface area (Å²) in [6, 6.07) is 11.9. The molecule has 0 amide bonds. The van der Waals surface area contributed by atoms with Crippen LogP contribution in [0.15, 0.2) is 48.2 Å². The van der Waals surface area contributed by atoms with Crippen molar-refractivity contribution < 1.29 is 4.79 Å². The van der Waals surface area contributed by atoms with Gasteiger partial charge in [-0.3, -0.25) is 5.01 Å². The molecule has 2 heterocycles. The molecule has 1 aliphatic rings. The molecule has 0 spiro atoms. The molecule has 2 aromatic rings. The van der Waals surface area contributed by atoms with Crippen LogP contribution in [0.2, 0.25) is 0 Å². The van der Waals surface area contributed by atoms with Crippen LogP contribution in [0, 0.1) is 6.92 Å². The largest absolute Gasteiger partial charge is 0.301 e. The lowest BCUT2D eigenvalue weighted by Gasteiger charge is -2.21. The smallest absolute Gasteiger partial charge is 0.170 e. The minimum Gasteiger partial charge on any atom is -0.301 e. The van der Waals surface area contributed by atoms with Crippen LogP contribution in [0.5, 0.6) is 0 Å². The number of carbonyl (C=O) groups excluding carboxylic acids is 1. The lowest BCUT2D eigenvalue weighted by molar-refractivity contribution is -0.108. The van der Waals surface area contributed by atoms with Gasteiger partial charge in [-0.25, -0.2) is 0 Å². The Morgan fingerprint density at radius 1 is 1.14 bits per heavy atom. The molecule has 1 aliphatic heterocycles. The van der Waals surface area contributed by atoms with Crippen molar-refractivity contribution >= 4 is 12.1 Å². The van der Waals surface area contributed by atoms with E-state index in [0.29, 0.717) is 5.82 Å². The number of hydrazine groups is 1. The number of anilines is 1. The summed E-state index contributed by atoms with van der Waals surface area (Å²) in [6.45, 7) is 3.98. The zero-order chi connectivity index (χ0) is 15.5. The standard InChI is InChI=1S/C17H18N4O/c1-12-3-5-14(6-4-12)10-15-7-8-17(19-18-15)21-16(11-22)9-13(2)20-21/h3-9,11,16,20H,10H2,1-2H3. The highest BCUT2D eigenvalue weighted by atomic mass is 16.1. The molecular formula is C17H18N4O. The van der Waals surface area contributed by atoms with Gasteiger partial charge in [0.15, 0.2) is 5.82 Å². The predicted molar refractivity (Wildman–Crippen MR) is 85.2 cm³/mol. The Hall–Kier alpha value is -2.69. The fourth-order valence-corrected chi connectivity index (χ4v) is 2.43. The van der Waals surface area contributed by atoms with Gasteiger partial charge in [0.1, 0.15) is 12.3 Å². The summed E-state index contributed by atoms with van der Waals surface area (Å²) in [7, 11) is 0. The number of carbonyl (C=O) groups is 1. The van der Waals surface area contributed by atoms with E-state index in [1.807, 2.05) is 25.1 Å². The minimum absolute atomic E-state index is 0.336. The van der Waals surface area contributed by atoms with E-state index in [4.69, 9.17) is 0 Å². The molecule has 0 saturated heterocycles. The Morgan fingerprint density at radius 3 is 2.55 bits per heavy atom. The number of hydrogen-bond acceptors (Lipinski definition) is 5. The lowest BCUT2D eigenvalue weighted by Crippen LogP contribution is -2.40. The summed E-state index contributed by atoms with van der Waals surface area (Å²) >= 11 is 0. The van der Waals surface area contributed by atoms with Gasteiger partial charge in [0.2, 0.25) is 0 Å². The molecule has 3 rings (SSSR count). The van der Waals surface area contributed by atoms with Gasteiger partial charge in [0.05, 0.1) is 5.69 Å². The Labute approximate surface area is 129 Å². The van der Waals surface area contributed by atoms with Crippen molar-refractivity contribution in [1.29, 1.82) is 0 Å². The van der Waals surface area contributed by atoms with Crippen molar-refractivity contribution in [2.45, 2.75) is 26.3 Å². The Kier molecular flexibility index (Phi) is 3.87. The predicted octanol–water partition coefficient (Wildman–Crippen LogP) is 2.17. The van der Waals surface area contributed by atoms with E-state index < -0.39 is 0 Å². The maximum Gasteiger partial charge on any atom is 0.170 e. The highest BCUT2D eigenvalue weighted by Crippen LogP contribution is 2.18. The van der Waals surface area contributed by atoms with Crippen LogP contribution in [0.25, 0.3) is 0 Å². The third kappa shape index (κ3) is 2.98. The molecule has 0 bridgehead atoms. The van der Waals surface area contributed by atoms with Crippen LogP contribution in [0.1, 0.15) is 23.7 Å². The van der Waals surface area contributed by atoms with Gasteiger partial charge in [-0.15, -0.1) is 5.10 Å². The molecule has 1 unspecified atom stereocenters. The number of aryl methyl sites for hydroxylation is 1. The number of aromatic nitrogens is 2. The highest BCUT2D eigenvalue weighted by Gasteiger charge is 2.23. The average molecular weight is 294 g/mol. The van der Waals surface area contributed by atoms with E-state index in [-0.39, 0.29) is 6.04 Å². The molecule has 5 nitrogen and oxygen atoms in total. The first-order chi connectivity index (χ1) is 10.7. The van der Waals surface area contributed by atoms with Crippen molar-refractivity contribution in [2.24, 2.45) is 0 Å². The van der Waals surface area contributed by atoms with Crippen LogP contribution < -0.4 is 10.4 Å². The van der Waals surface area contributed by atoms with Crippen molar-refractivity contribution in [1.82, 2.24) is 15.6 Å². The van der Waals surface area contributed by atoms with E-state index in [2.05, 4.69) is 46.8 Å². The maximum atomic E-state index is 11.1. The minimum atomic E-state index is -0.336. The summed E-state index contributed by atoms with van der Waals surface area (Å²) < 4.78 is 0. The van der Waals surface area contributed by atoms with Crippen LogP contribution in [-0.2, 0) is 11.2 Å². The summed E-state index contributed by atoms with van der Waals surface area (Å²) in [5, 5.41) is 10.2. The summed E-state index contributed by atoms with van der Waals surface area (Å²) in [6.07, 6.45) is 3.48. The normalized spacial score (nSPS) is 17.1. The molecule has 0 radical (unpaired) electrons. The van der Waals surface area contributed by atoms with E-state index in [1.54, 1.807) is 5.01 Å². The molecule has 22 heavy (non-hydrogen) atoms. The van der Waals surface area contributed by atoms with Crippen molar-refractivity contribution in [3.8, 4) is 0 Å². The number of nitrogens with one attached hydrogen (secondary N) is 1. The highest BCUT2D eigenvalue weighted by molar-refractivity contribution is 5.69.